The molecular formula is C15H22N4. The van der Waals surface area contributed by atoms with E-state index in [-0.39, 0.29) is 6.04 Å². The lowest BCUT2D eigenvalue weighted by Crippen LogP contribution is -2.26. The van der Waals surface area contributed by atoms with Crippen molar-refractivity contribution < 1.29 is 0 Å². The molecule has 1 atom stereocenters. The molecule has 0 spiro atoms. The molecule has 102 valence electrons. The van der Waals surface area contributed by atoms with Crippen LogP contribution in [0.2, 0.25) is 0 Å². The van der Waals surface area contributed by atoms with Crippen molar-refractivity contribution in [1.29, 1.82) is 0 Å². The van der Waals surface area contributed by atoms with Gasteiger partial charge in [-0.25, -0.2) is 0 Å². The van der Waals surface area contributed by atoms with Gasteiger partial charge in [-0.3, -0.25) is 4.68 Å². The summed E-state index contributed by atoms with van der Waals surface area (Å²) in [4.78, 5) is 0. The fourth-order valence-corrected chi connectivity index (χ4v) is 2.37. The van der Waals surface area contributed by atoms with Gasteiger partial charge in [-0.05, 0) is 37.9 Å². The van der Waals surface area contributed by atoms with Crippen molar-refractivity contribution in [3.8, 4) is 0 Å². The zero-order chi connectivity index (χ0) is 13.8. The highest BCUT2D eigenvalue weighted by Gasteiger charge is 2.18. The van der Waals surface area contributed by atoms with Crippen molar-refractivity contribution in [2.45, 2.75) is 33.2 Å². The minimum Gasteiger partial charge on any atom is -0.305 e. The van der Waals surface area contributed by atoms with Gasteiger partial charge in [-0.1, -0.05) is 35.9 Å². The van der Waals surface area contributed by atoms with E-state index in [0.29, 0.717) is 0 Å². The maximum absolute atomic E-state index is 4.04. The van der Waals surface area contributed by atoms with Crippen molar-refractivity contribution in [1.82, 2.24) is 20.3 Å². The normalized spacial score (nSPS) is 12.6. The molecule has 0 bridgehead atoms. The van der Waals surface area contributed by atoms with Crippen LogP contribution in [0.1, 0.15) is 41.8 Å². The SMILES string of the molecule is CCCNC(c1ccc(C)cc1C)c1cnnn1C. The third-order valence-corrected chi connectivity index (χ3v) is 3.38. The van der Waals surface area contributed by atoms with Gasteiger partial charge in [0.2, 0.25) is 0 Å². The van der Waals surface area contributed by atoms with E-state index in [1.165, 1.54) is 16.7 Å². The second-order valence-corrected chi connectivity index (χ2v) is 5.03. The summed E-state index contributed by atoms with van der Waals surface area (Å²) in [7, 11) is 1.94. The Balaban J connectivity index is 2.40. The molecule has 0 saturated carbocycles. The van der Waals surface area contributed by atoms with E-state index < -0.39 is 0 Å². The lowest BCUT2D eigenvalue weighted by Gasteiger charge is -2.21. The summed E-state index contributed by atoms with van der Waals surface area (Å²) >= 11 is 0. The summed E-state index contributed by atoms with van der Waals surface area (Å²) in [6.07, 6.45) is 2.94. The molecule has 1 unspecified atom stereocenters. The monoisotopic (exact) mass is 258 g/mol. The molecule has 0 saturated heterocycles. The number of aromatic nitrogens is 3. The number of hydrogen-bond acceptors (Lipinski definition) is 3. The third-order valence-electron chi connectivity index (χ3n) is 3.38. The predicted octanol–water partition coefficient (Wildman–Crippen LogP) is 2.52. The van der Waals surface area contributed by atoms with Gasteiger partial charge in [-0.2, -0.15) is 0 Å². The van der Waals surface area contributed by atoms with E-state index in [0.717, 1.165) is 18.7 Å². The van der Waals surface area contributed by atoms with E-state index in [9.17, 15) is 0 Å². The van der Waals surface area contributed by atoms with Gasteiger partial charge in [0, 0.05) is 7.05 Å². The molecule has 4 nitrogen and oxygen atoms in total. The average Bonchev–Trinajstić information content (AvgIpc) is 2.78. The Kier molecular flexibility index (Phi) is 4.32. The molecule has 0 radical (unpaired) electrons. The van der Waals surface area contributed by atoms with Crippen LogP contribution < -0.4 is 5.32 Å². The zero-order valence-corrected chi connectivity index (χ0v) is 12.1. The fraction of sp³-hybridized carbons (Fsp3) is 0.467. The van der Waals surface area contributed by atoms with Gasteiger partial charge in [0.1, 0.15) is 0 Å². The first-order valence-electron chi connectivity index (χ1n) is 6.78. The van der Waals surface area contributed by atoms with Gasteiger partial charge in [0.05, 0.1) is 17.9 Å². The minimum absolute atomic E-state index is 0.153. The number of nitrogens with one attached hydrogen (secondary N) is 1. The second-order valence-electron chi connectivity index (χ2n) is 5.03. The van der Waals surface area contributed by atoms with Gasteiger partial charge in [0.15, 0.2) is 0 Å². The van der Waals surface area contributed by atoms with Crippen LogP contribution in [0.25, 0.3) is 0 Å². The first-order valence-corrected chi connectivity index (χ1v) is 6.78. The lowest BCUT2D eigenvalue weighted by molar-refractivity contribution is 0.549. The summed E-state index contributed by atoms with van der Waals surface area (Å²) in [6.45, 7) is 7.43. The Morgan fingerprint density at radius 2 is 2.11 bits per heavy atom. The van der Waals surface area contributed by atoms with Crippen LogP contribution in [0.3, 0.4) is 0 Å². The molecule has 19 heavy (non-hydrogen) atoms. The molecule has 4 heteroatoms. The van der Waals surface area contributed by atoms with E-state index in [1.54, 1.807) is 0 Å². The first-order chi connectivity index (χ1) is 9.13. The van der Waals surface area contributed by atoms with Crippen LogP contribution >= 0.6 is 0 Å². The van der Waals surface area contributed by atoms with E-state index in [1.807, 2.05) is 17.9 Å². The minimum atomic E-state index is 0.153. The molecule has 0 amide bonds. The van der Waals surface area contributed by atoms with Crippen LogP contribution in [0, 0.1) is 13.8 Å². The second kappa shape index (κ2) is 5.97. The van der Waals surface area contributed by atoms with Crippen LogP contribution in [-0.2, 0) is 7.05 Å². The molecule has 0 aliphatic carbocycles. The summed E-state index contributed by atoms with van der Waals surface area (Å²) in [5.41, 5.74) is 4.98. The molecule has 1 heterocycles. The Hall–Kier alpha value is -1.68. The van der Waals surface area contributed by atoms with Crippen LogP contribution in [0.5, 0.6) is 0 Å². The third kappa shape index (κ3) is 3.01. The molecule has 0 aliphatic rings. The summed E-state index contributed by atoms with van der Waals surface area (Å²) in [5.74, 6) is 0. The highest BCUT2D eigenvalue weighted by molar-refractivity contribution is 5.36. The standard InChI is InChI=1S/C15H22N4/c1-5-8-16-15(14-10-17-18-19(14)4)13-7-6-11(2)9-12(13)3/h6-7,9-10,15-16H,5,8H2,1-4H3. The molecule has 0 aliphatic heterocycles. The van der Waals surface area contributed by atoms with Crippen molar-refractivity contribution >= 4 is 0 Å². The smallest absolute Gasteiger partial charge is 0.0798 e. The lowest BCUT2D eigenvalue weighted by atomic mass is 9.97. The van der Waals surface area contributed by atoms with E-state index in [4.69, 9.17) is 0 Å². The molecule has 1 aromatic heterocycles. The molecule has 1 N–H and O–H groups in total. The number of aryl methyl sites for hydroxylation is 3. The summed E-state index contributed by atoms with van der Waals surface area (Å²) in [5, 5.41) is 11.6. The predicted molar refractivity (Wildman–Crippen MR) is 77.1 cm³/mol. The molecular weight excluding hydrogens is 236 g/mol. The Morgan fingerprint density at radius 3 is 2.68 bits per heavy atom. The van der Waals surface area contributed by atoms with Gasteiger partial charge in [0.25, 0.3) is 0 Å². The average molecular weight is 258 g/mol. The Bertz CT molecular complexity index is 545. The number of hydrogen-bond donors (Lipinski definition) is 1. The number of nitrogens with zero attached hydrogens (tertiary/aromatic N) is 3. The van der Waals surface area contributed by atoms with Crippen molar-refractivity contribution in [3.05, 3.63) is 46.8 Å². The van der Waals surface area contributed by atoms with E-state index >= 15 is 0 Å². The van der Waals surface area contributed by atoms with Gasteiger partial charge < -0.3 is 5.32 Å². The van der Waals surface area contributed by atoms with Crippen molar-refractivity contribution in [3.63, 3.8) is 0 Å². The topological polar surface area (TPSA) is 42.7 Å². The van der Waals surface area contributed by atoms with Crippen LogP contribution in [-0.4, -0.2) is 21.5 Å². The Labute approximate surface area is 114 Å². The molecule has 0 fully saturated rings. The van der Waals surface area contributed by atoms with E-state index in [2.05, 4.69) is 54.6 Å². The van der Waals surface area contributed by atoms with Crippen molar-refractivity contribution in [2.24, 2.45) is 7.05 Å². The summed E-state index contributed by atoms with van der Waals surface area (Å²) < 4.78 is 1.84. The number of rotatable bonds is 5. The first kappa shape index (κ1) is 13.7. The maximum atomic E-state index is 4.04. The highest BCUT2D eigenvalue weighted by atomic mass is 15.4. The molecule has 2 rings (SSSR count). The quantitative estimate of drug-likeness (QED) is 0.896. The number of benzene rings is 1. The molecule has 2 aromatic rings. The van der Waals surface area contributed by atoms with Crippen LogP contribution in [0.4, 0.5) is 0 Å². The fourth-order valence-electron chi connectivity index (χ4n) is 2.37. The summed E-state index contributed by atoms with van der Waals surface area (Å²) in [6, 6.07) is 6.73. The van der Waals surface area contributed by atoms with Gasteiger partial charge >= 0.3 is 0 Å². The molecule has 1 aromatic carbocycles. The highest BCUT2D eigenvalue weighted by Crippen LogP contribution is 2.24. The van der Waals surface area contributed by atoms with Crippen molar-refractivity contribution in [2.75, 3.05) is 6.54 Å². The zero-order valence-electron chi connectivity index (χ0n) is 12.1. The largest absolute Gasteiger partial charge is 0.305 e. The van der Waals surface area contributed by atoms with Crippen LogP contribution in [0.15, 0.2) is 24.4 Å². The van der Waals surface area contributed by atoms with Gasteiger partial charge in [-0.15, -0.1) is 5.10 Å². The Morgan fingerprint density at radius 1 is 1.32 bits per heavy atom. The maximum Gasteiger partial charge on any atom is 0.0798 e.